The second-order valence-corrected chi connectivity index (χ2v) is 14.1. The number of Topliss-reactive ketones (excluding diaryl/α,β-unsaturated/α-hetero) is 1. The van der Waals surface area contributed by atoms with E-state index >= 15 is 0 Å². The molecule has 4 aliphatic rings. The Balaban J connectivity index is 1.60. The fourth-order valence-corrected chi connectivity index (χ4v) is 9.82. The average molecular weight is 483 g/mol. The van der Waals surface area contributed by atoms with E-state index in [2.05, 4.69) is 54.2 Å². The van der Waals surface area contributed by atoms with Crippen LogP contribution in [0.25, 0.3) is 0 Å². The van der Waals surface area contributed by atoms with Crippen LogP contribution >= 0.6 is 0 Å². The highest BCUT2D eigenvalue weighted by atomic mass is 16.5. The van der Waals surface area contributed by atoms with E-state index < -0.39 is 0 Å². The van der Waals surface area contributed by atoms with Crippen LogP contribution < -0.4 is 0 Å². The lowest BCUT2D eigenvalue weighted by atomic mass is 9.41. The van der Waals surface area contributed by atoms with Crippen LogP contribution in [0.5, 0.6) is 0 Å². The largest absolute Gasteiger partial charge is 0.462 e. The predicted molar refractivity (Wildman–Crippen MR) is 143 cm³/mol. The Bertz CT molecular complexity index is 927. The summed E-state index contributed by atoms with van der Waals surface area (Å²) < 4.78 is 5.85. The van der Waals surface area contributed by atoms with Gasteiger partial charge in [-0.05, 0) is 104 Å². The van der Waals surface area contributed by atoms with Crippen molar-refractivity contribution in [3.8, 4) is 0 Å². The molecule has 3 saturated carbocycles. The van der Waals surface area contributed by atoms with Gasteiger partial charge in [-0.1, -0.05) is 59.8 Å². The zero-order valence-corrected chi connectivity index (χ0v) is 23.8. The highest BCUT2D eigenvalue weighted by Gasteiger charge is 2.65. The summed E-state index contributed by atoms with van der Waals surface area (Å²) in [6, 6.07) is 0. The maximum absolute atomic E-state index is 12.2. The van der Waals surface area contributed by atoms with Crippen LogP contribution in [0.4, 0.5) is 0 Å². The Morgan fingerprint density at radius 2 is 1.74 bits per heavy atom. The Kier molecular flexibility index (Phi) is 6.76. The summed E-state index contributed by atoms with van der Waals surface area (Å²) in [5.41, 5.74) is 3.25. The molecule has 3 heteroatoms. The molecule has 3 fully saturated rings. The monoisotopic (exact) mass is 482 g/mol. The molecule has 35 heavy (non-hydrogen) atoms. The Morgan fingerprint density at radius 3 is 2.37 bits per heavy atom. The molecule has 0 radical (unpaired) electrons. The van der Waals surface area contributed by atoms with E-state index in [0.717, 1.165) is 25.7 Å². The predicted octanol–water partition coefficient (Wildman–Crippen LogP) is 8.08. The van der Waals surface area contributed by atoms with Gasteiger partial charge in [0.15, 0.2) is 5.78 Å². The van der Waals surface area contributed by atoms with Gasteiger partial charge < -0.3 is 4.74 Å². The number of carbonyl (C=O) groups is 2. The van der Waals surface area contributed by atoms with Crippen molar-refractivity contribution < 1.29 is 14.3 Å². The fraction of sp³-hybridized carbons (Fsp3) is 0.812. The molecular weight excluding hydrogens is 432 g/mol. The van der Waals surface area contributed by atoms with Crippen LogP contribution in [0.15, 0.2) is 23.8 Å². The fourth-order valence-electron chi connectivity index (χ4n) is 9.82. The summed E-state index contributed by atoms with van der Waals surface area (Å²) in [5.74, 6) is 2.50. The molecule has 0 heterocycles. The molecule has 8 atom stereocenters. The summed E-state index contributed by atoms with van der Waals surface area (Å²) in [7, 11) is 0. The first-order valence-corrected chi connectivity index (χ1v) is 14.2. The maximum atomic E-state index is 12.2. The summed E-state index contributed by atoms with van der Waals surface area (Å²) in [5, 5.41) is 0. The lowest BCUT2D eigenvalue weighted by molar-refractivity contribution is -0.174. The molecule has 0 aromatic heterocycles. The smallest absolute Gasteiger partial charge is 0.302 e. The van der Waals surface area contributed by atoms with Crippen molar-refractivity contribution in [2.75, 3.05) is 0 Å². The number of rotatable bonds is 6. The number of hydrogen-bond acceptors (Lipinski definition) is 3. The minimum Gasteiger partial charge on any atom is -0.462 e. The third-order valence-electron chi connectivity index (χ3n) is 12.1. The first-order valence-electron chi connectivity index (χ1n) is 14.2. The van der Waals surface area contributed by atoms with Gasteiger partial charge in [-0.15, -0.1) is 0 Å². The van der Waals surface area contributed by atoms with E-state index in [1.807, 2.05) is 6.92 Å². The lowest BCUT2D eigenvalue weighted by Crippen LogP contribution is -2.58. The van der Waals surface area contributed by atoms with E-state index in [4.69, 9.17) is 4.74 Å². The minimum atomic E-state index is -0.143. The van der Waals surface area contributed by atoms with E-state index in [1.54, 1.807) is 12.5 Å². The van der Waals surface area contributed by atoms with Gasteiger partial charge in [0.1, 0.15) is 6.10 Å². The van der Waals surface area contributed by atoms with Gasteiger partial charge in [0.2, 0.25) is 0 Å². The number of allylic oxidation sites excluding steroid dienone is 3. The van der Waals surface area contributed by atoms with Gasteiger partial charge >= 0.3 is 5.97 Å². The van der Waals surface area contributed by atoms with Gasteiger partial charge in [-0.25, -0.2) is 0 Å². The van der Waals surface area contributed by atoms with Crippen molar-refractivity contribution in [3.05, 3.63) is 23.8 Å². The van der Waals surface area contributed by atoms with Crippen LogP contribution in [-0.4, -0.2) is 17.9 Å². The van der Waals surface area contributed by atoms with Crippen molar-refractivity contribution in [2.45, 2.75) is 119 Å². The van der Waals surface area contributed by atoms with Gasteiger partial charge in [-0.2, -0.15) is 0 Å². The number of hydrogen-bond donors (Lipinski definition) is 0. The molecule has 4 aliphatic carbocycles. The highest BCUT2D eigenvalue weighted by Crippen LogP contribution is 2.73. The topological polar surface area (TPSA) is 43.4 Å². The van der Waals surface area contributed by atoms with Crippen molar-refractivity contribution in [3.63, 3.8) is 0 Å². The van der Waals surface area contributed by atoms with Crippen LogP contribution in [0.2, 0.25) is 0 Å². The highest BCUT2D eigenvalue weighted by molar-refractivity contribution is 5.94. The third kappa shape index (κ3) is 3.98. The van der Waals surface area contributed by atoms with Crippen LogP contribution in [-0.2, 0) is 14.3 Å². The van der Waals surface area contributed by atoms with Crippen LogP contribution in [0.3, 0.4) is 0 Å². The molecule has 0 spiro atoms. The molecule has 4 rings (SSSR count). The molecular formula is C32H50O3. The van der Waals surface area contributed by atoms with Gasteiger partial charge in [0.25, 0.3) is 0 Å². The number of ether oxygens (including phenoxy) is 1. The molecule has 0 bridgehead atoms. The Labute approximate surface area is 214 Å². The SMILES string of the molecule is C=C(C)C(=O)CC[C@@H](C)[C@@H]1CC[C@]2(C)C3=CC[C@H]4C(C)(C)[C@@H](OC(C)=O)CC[C@]4(C)[C@H]3CC[C@@]12C. The van der Waals surface area contributed by atoms with E-state index in [0.29, 0.717) is 41.1 Å². The average Bonchev–Trinajstić information content (AvgIpc) is 3.05. The molecule has 0 aromatic carbocycles. The van der Waals surface area contributed by atoms with Crippen LogP contribution in [0.1, 0.15) is 113 Å². The minimum absolute atomic E-state index is 0.00903. The molecule has 0 aliphatic heterocycles. The van der Waals surface area contributed by atoms with E-state index in [1.165, 1.54) is 25.7 Å². The normalized spacial score (nSPS) is 42.7. The summed E-state index contributed by atoms with van der Waals surface area (Å²) in [6.45, 7) is 22.0. The van der Waals surface area contributed by atoms with Gasteiger partial charge in [0.05, 0.1) is 0 Å². The lowest BCUT2D eigenvalue weighted by Gasteiger charge is -2.64. The van der Waals surface area contributed by atoms with Crippen LogP contribution in [0, 0.1) is 45.3 Å². The second-order valence-electron chi connectivity index (χ2n) is 14.1. The summed E-state index contributed by atoms with van der Waals surface area (Å²) in [6.07, 6.45) is 12.6. The number of carbonyl (C=O) groups excluding carboxylic acids is 2. The van der Waals surface area contributed by atoms with Crippen molar-refractivity contribution in [1.82, 2.24) is 0 Å². The molecule has 0 amide bonds. The molecule has 196 valence electrons. The van der Waals surface area contributed by atoms with Gasteiger partial charge in [0, 0.05) is 18.8 Å². The van der Waals surface area contributed by atoms with E-state index in [-0.39, 0.29) is 34.1 Å². The summed E-state index contributed by atoms with van der Waals surface area (Å²) in [4.78, 5) is 24.1. The molecule has 0 saturated heterocycles. The number of esters is 1. The standard InChI is InChI=1S/C32H50O3/c1-20(2)26(34)12-10-21(3)23-14-18-32(9)25-11-13-27-29(5,6)28(35-22(4)33)16-17-30(27,7)24(25)15-19-31(23,32)8/h11,21,23-24,27-28H,1,10,12-19H2,2-9H3/t21-,23+,24+,27+,28+,30-,31+,32-/m1/s1. The zero-order chi connectivity index (χ0) is 26.0. The quantitative estimate of drug-likeness (QED) is 0.218. The van der Waals surface area contributed by atoms with E-state index in [9.17, 15) is 9.59 Å². The third-order valence-corrected chi connectivity index (χ3v) is 12.1. The van der Waals surface area contributed by atoms with Crippen molar-refractivity contribution in [2.24, 2.45) is 45.3 Å². The van der Waals surface area contributed by atoms with Gasteiger partial charge in [-0.3, -0.25) is 9.59 Å². The zero-order valence-electron chi connectivity index (χ0n) is 23.8. The molecule has 0 N–H and O–H groups in total. The summed E-state index contributed by atoms with van der Waals surface area (Å²) >= 11 is 0. The first-order chi connectivity index (χ1) is 16.2. The molecule has 0 unspecified atom stereocenters. The second kappa shape index (κ2) is 8.88. The van der Waals surface area contributed by atoms with Crippen molar-refractivity contribution in [1.29, 1.82) is 0 Å². The number of ketones is 1. The molecule has 0 aromatic rings. The van der Waals surface area contributed by atoms with Crippen molar-refractivity contribution >= 4 is 11.8 Å². The number of fused-ring (bicyclic) bond motifs is 5. The maximum Gasteiger partial charge on any atom is 0.302 e. The Hall–Kier alpha value is -1.38. The Morgan fingerprint density at radius 1 is 1.06 bits per heavy atom. The first kappa shape index (κ1) is 26.7. The molecule has 3 nitrogen and oxygen atoms in total.